The van der Waals surface area contributed by atoms with Crippen molar-refractivity contribution in [1.29, 1.82) is 0 Å². The van der Waals surface area contributed by atoms with Gasteiger partial charge in [-0.2, -0.15) is 0 Å². The molecule has 0 aliphatic heterocycles. The number of aliphatic hydroxyl groups excluding tert-OH is 1. The molecule has 0 saturated carbocycles. The van der Waals surface area contributed by atoms with E-state index in [-0.39, 0.29) is 0 Å². The molecule has 0 radical (unpaired) electrons. The summed E-state index contributed by atoms with van der Waals surface area (Å²) < 4.78 is 1.11. The monoisotopic (exact) mass is 330 g/mol. The van der Waals surface area contributed by atoms with Crippen molar-refractivity contribution >= 4 is 33.9 Å². The molecule has 0 aliphatic rings. The molecular formula is C12H11IOS. The molecule has 1 nitrogen and oxygen atoms in total. The number of hydrogen-bond donors (Lipinski definition) is 1. The second-order valence-corrected chi connectivity index (χ2v) is 5.85. The van der Waals surface area contributed by atoms with Crippen LogP contribution in [-0.4, -0.2) is 5.11 Å². The fourth-order valence-electron chi connectivity index (χ4n) is 1.45. The van der Waals surface area contributed by atoms with Gasteiger partial charge in [0.25, 0.3) is 0 Å². The van der Waals surface area contributed by atoms with Gasteiger partial charge in [-0.05, 0) is 53.3 Å². The zero-order valence-corrected chi connectivity index (χ0v) is 11.2. The molecule has 0 bridgehead atoms. The first-order chi connectivity index (χ1) is 7.18. The number of thiophene rings is 1. The van der Waals surface area contributed by atoms with Crippen molar-refractivity contribution in [3.63, 3.8) is 0 Å². The third-order valence-corrected chi connectivity index (χ3v) is 4.27. The molecule has 0 amide bonds. The van der Waals surface area contributed by atoms with Gasteiger partial charge in [-0.3, -0.25) is 0 Å². The van der Waals surface area contributed by atoms with Gasteiger partial charge < -0.3 is 5.11 Å². The summed E-state index contributed by atoms with van der Waals surface area (Å²) in [5.74, 6) is 0. The van der Waals surface area contributed by atoms with Crippen molar-refractivity contribution < 1.29 is 5.11 Å². The Kier molecular flexibility index (Phi) is 3.43. The lowest BCUT2D eigenvalue weighted by atomic mass is 10.1. The fraction of sp³-hybridized carbons (Fsp3) is 0.167. The number of aliphatic hydroxyl groups is 1. The Morgan fingerprint density at radius 2 is 1.93 bits per heavy atom. The number of hydrogen-bond acceptors (Lipinski definition) is 2. The molecule has 1 aromatic heterocycles. The van der Waals surface area contributed by atoms with Gasteiger partial charge in [0.2, 0.25) is 0 Å². The Balaban J connectivity index is 2.36. The first-order valence-corrected chi connectivity index (χ1v) is 6.57. The Morgan fingerprint density at radius 3 is 2.53 bits per heavy atom. The van der Waals surface area contributed by atoms with Gasteiger partial charge in [-0.25, -0.2) is 0 Å². The molecule has 0 saturated heterocycles. The normalized spacial score (nSPS) is 12.7. The maximum absolute atomic E-state index is 10.2. The van der Waals surface area contributed by atoms with Crippen LogP contribution in [0.3, 0.4) is 0 Å². The average Bonchev–Trinajstić information content (AvgIpc) is 2.65. The van der Waals surface area contributed by atoms with E-state index in [1.54, 1.807) is 11.3 Å². The van der Waals surface area contributed by atoms with E-state index in [1.165, 1.54) is 4.88 Å². The predicted molar refractivity (Wildman–Crippen MR) is 72.3 cm³/mol. The number of rotatable bonds is 2. The highest BCUT2D eigenvalue weighted by atomic mass is 127. The van der Waals surface area contributed by atoms with Crippen LogP contribution >= 0.6 is 33.9 Å². The van der Waals surface area contributed by atoms with Crippen LogP contribution in [0, 0.1) is 10.5 Å². The minimum absolute atomic E-state index is 0.489. The van der Waals surface area contributed by atoms with Crippen molar-refractivity contribution in [2.24, 2.45) is 0 Å². The van der Waals surface area contributed by atoms with E-state index >= 15 is 0 Å². The summed E-state index contributed by atoms with van der Waals surface area (Å²) in [6.45, 7) is 2.05. The van der Waals surface area contributed by atoms with E-state index in [9.17, 15) is 5.11 Å². The highest BCUT2D eigenvalue weighted by Crippen LogP contribution is 2.30. The molecular weight excluding hydrogens is 319 g/mol. The maximum Gasteiger partial charge on any atom is 0.114 e. The topological polar surface area (TPSA) is 20.2 Å². The van der Waals surface area contributed by atoms with Crippen molar-refractivity contribution in [2.75, 3.05) is 0 Å². The van der Waals surface area contributed by atoms with E-state index in [0.717, 1.165) is 14.0 Å². The molecule has 1 atom stereocenters. The third kappa shape index (κ3) is 2.41. The van der Waals surface area contributed by atoms with Crippen LogP contribution < -0.4 is 0 Å². The van der Waals surface area contributed by atoms with E-state index in [0.29, 0.717) is 0 Å². The number of benzene rings is 1. The van der Waals surface area contributed by atoms with Gasteiger partial charge in [0.15, 0.2) is 0 Å². The molecule has 3 heteroatoms. The van der Waals surface area contributed by atoms with Crippen molar-refractivity contribution in [3.05, 3.63) is 55.3 Å². The van der Waals surface area contributed by atoms with Crippen molar-refractivity contribution in [3.8, 4) is 0 Å². The summed E-state index contributed by atoms with van der Waals surface area (Å²) in [6, 6.07) is 12.0. The first kappa shape index (κ1) is 11.1. The largest absolute Gasteiger partial charge is 0.383 e. The fourth-order valence-corrected chi connectivity index (χ4v) is 3.02. The lowest BCUT2D eigenvalue weighted by molar-refractivity contribution is 0.223. The lowest BCUT2D eigenvalue weighted by Gasteiger charge is -2.10. The average molecular weight is 330 g/mol. The van der Waals surface area contributed by atoms with E-state index in [2.05, 4.69) is 29.5 Å². The molecule has 0 spiro atoms. The van der Waals surface area contributed by atoms with E-state index < -0.39 is 6.10 Å². The summed E-state index contributed by atoms with van der Waals surface area (Å²) in [4.78, 5) is 2.24. The van der Waals surface area contributed by atoms with E-state index in [1.807, 2.05) is 36.4 Å². The third-order valence-electron chi connectivity index (χ3n) is 2.23. The van der Waals surface area contributed by atoms with Crippen LogP contribution in [0.5, 0.6) is 0 Å². The Morgan fingerprint density at radius 1 is 1.20 bits per heavy atom. The summed E-state index contributed by atoms with van der Waals surface area (Å²) >= 11 is 3.90. The summed E-state index contributed by atoms with van der Waals surface area (Å²) in [7, 11) is 0. The van der Waals surface area contributed by atoms with Gasteiger partial charge in [-0.1, -0.05) is 18.2 Å². The van der Waals surface area contributed by atoms with Crippen molar-refractivity contribution in [2.45, 2.75) is 13.0 Å². The van der Waals surface area contributed by atoms with E-state index in [4.69, 9.17) is 0 Å². The standard InChI is InChI=1S/C12H11IOS/c1-8-6-7-11(15-8)12(14)9-4-2-3-5-10(9)13/h2-7,12,14H,1H3. The Bertz CT molecular complexity index is 464. The van der Waals surface area contributed by atoms with Crippen LogP contribution in [0.15, 0.2) is 36.4 Å². The minimum Gasteiger partial charge on any atom is -0.383 e. The van der Waals surface area contributed by atoms with Gasteiger partial charge in [-0.15, -0.1) is 11.3 Å². The highest BCUT2D eigenvalue weighted by Gasteiger charge is 2.14. The molecule has 0 fully saturated rings. The zero-order valence-electron chi connectivity index (χ0n) is 8.27. The number of aryl methyl sites for hydroxylation is 1. The summed E-state index contributed by atoms with van der Waals surface area (Å²) in [5.41, 5.74) is 0.986. The predicted octanol–water partition coefficient (Wildman–Crippen LogP) is 3.74. The van der Waals surface area contributed by atoms with Crippen molar-refractivity contribution in [1.82, 2.24) is 0 Å². The SMILES string of the molecule is Cc1ccc(C(O)c2ccccc2I)s1. The Hall–Kier alpha value is -0.390. The molecule has 2 aromatic rings. The zero-order chi connectivity index (χ0) is 10.8. The Labute approximate surface area is 107 Å². The molecule has 2 rings (SSSR count). The lowest BCUT2D eigenvalue weighted by Crippen LogP contribution is -1.99. The highest BCUT2D eigenvalue weighted by molar-refractivity contribution is 14.1. The minimum atomic E-state index is -0.489. The van der Waals surface area contributed by atoms with Gasteiger partial charge in [0.1, 0.15) is 6.10 Å². The quantitative estimate of drug-likeness (QED) is 0.832. The van der Waals surface area contributed by atoms with Crippen LogP contribution in [0.25, 0.3) is 0 Å². The van der Waals surface area contributed by atoms with Crippen LogP contribution in [-0.2, 0) is 0 Å². The molecule has 1 heterocycles. The molecule has 0 aliphatic carbocycles. The smallest absolute Gasteiger partial charge is 0.114 e. The second kappa shape index (κ2) is 4.63. The summed E-state index contributed by atoms with van der Waals surface area (Å²) in [5, 5.41) is 10.2. The van der Waals surface area contributed by atoms with Crippen LogP contribution in [0.1, 0.15) is 21.4 Å². The molecule has 78 valence electrons. The molecule has 1 unspecified atom stereocenters. The molecule has 1 N–H and O–H groups in total. The second-order valence-electron chi connectivity index (χ2n) is 3.37. The maximum atomic E-state index is 10.2. The van der Waals surface area contributed by atoms with Gasteiger partial charge >= 0.3 is 0 Å². The number of halogens is 1. The summed E-state index contributed by atoms with van der Waals surface area (Å²) in [6.07, 6.45) is -0.489. The molecule has 1 aromatic carbocycles. The van der Waals surface area contributed by atoms with Gasteiger partial charge in [0, 0.05) is 13.3 Å². The van der Waals surface area contributed by atoms with Gasteiger partial charge in [0.05, 0.1) is 0 Å². The molecule has 15 heavy (non-hydrogen) atoms. The van der Waals surface area contributed by atoms with Crippen LogP contribution in [0.4, 0.5) is 0 Å². The van der Waals surface area contributed by atoms with Crippen LogP contribution in [0.2, 0.25) is 0 Å². The first-order valence-electron chi connectivity index (χ1n) is 4.67.